The number of carbonyl (C=O) groups excluding carboxylic acids is 2. The molecule has 0 unspecified atom stereocenters. The molecule has 0 spiro atoms. The number of nitrogens with zero attached hydrogens (tertiary/aromatic N) is 1. The number of aryl methyl sites for hydroxylation is 2. The minimum absolute atomic E-state index is 0.0289. The molecule has 2 aromatic carbocycles. The number of carbonyl (C=O) groups is 2. The van der Waals surface area contributed by atoms with Crippen molar-refractivity contribution in [3.05, 3.63) is 82.7 Å². The number of anilines is 1. The van der Waals surface area contributed by atoms with E-state index in [2.05, 4.69) is 41.1 Å². The third-order valence-corrected chi connectivity index (χ3v) is 4.77. The third kappa shape index (κ3) is 4.00. The van der Waals surface area contributed by atoms with Crippen LogP contribution in [0.15, 0.2) is 54.6 Å². The van der Waals surface area contributed by atoms with Crippen LogP contribution in [0.5, 0.6) is 0 Å². The number of benzene rings is 2. The van der Waals surface area contributed by atoms with Crippen LogP contribution in [0, 0.1) is 20.8 Å². The van der Waals surface area contributed by atoms with Gasteiger partial charge in [0.15, 0.2) is 11.6 Å². The predicted molar refractivity (Wildman–Crippen MR) is 109 cm³/mol. The molecule has 3 rings (SSSR count). The summed E-state index contributed by atoms with van der Waals surface area (Å²) in [4.78, 5) is 24.1. The smallest absolute Gasteiger partial charge is 0.183 e. The molecule has 4 nitrogen and oxygen atoms in total. The van der Waals surface area contributed by atoms with Gasteiger partial charge in [0.05, 0.1) is 6.54 Å². The van der Waals surface area contributed by atoms with Gasteiger partial charge in [-0.15, -0.1) is 0 Å². The summed E-state index contributed by atoms with van der Waals surface area (Å²) in [6.07, 6.45) is 0. The minimum atomic E-state index is 0.0289. The van der Waals surface area contributed by atoms with Crippen molar-refractivity contribution in [1.29, 1.82) is 0 Å². The van der Waals surface area contributed by atoms with Gasteiger partial charge in [-0.05, 0) is 70.2 Å². The molecule has 0 aliphatic rings. The van der Waals surface area contributed by atoms with Crippen LogP contribution in [-0.4, -0.2) is 22.7 Å². The summed E-state index contributed by atoms with van der Waals surface area (Å²) in [5.41, 5.74) is 6.44. The van der Waals surface area contributed by atoms with Crippen molar-refractivity contribution in [2.75, 3.05) is 11.9 Å². The highest BCUT2D eigenvalue weighted by atomic mass is 16.1. The summed E-state index contributed by atoms with van der Waals surface area (Å²) in [6, 6.07) is 17.4. The van der Waals surface area contributed by atoms with Gasteiger partial charge in [-0.2, -0.15) is 0 Å². The molecule has 138 valence electrons. The van der Waals surface area contributed by atoms with Crippen molar-refractivity contribution in [1.82, 2.24) is 4.57 Å². The van der Waals surface area contributed by atoms with E-state index in [0.29, 0.717) is 5.56 Å². The topological polar surface area (TPSA) is 51.1 Å². The monoisotopic (exact) mass is 360 g/mol. The Bertz CT molecular complexity index is 980. The fourth-order valence-corrected chi connectivity index (χ4v) is 3.24. The highest BCUT2D eigenvalue weighted by Gasteiger charge is 2.16. The first kappa shape index (κ1) is 18.6. The van der Waals surface area contributed by atoms with E-state index in [-0.39, 0.29) is 18.1 Å². The van der Waals surface area contributed by atoms with Crippen molar-refractivity contribution in [3.8, 4) is 5.69 Å². The molecular weight excluding hydrogens is 336 g/mol. The minimum Gasteiger partial charge on any atom is -0.378 e. The average molecular weight is 360 g/mol. The van der Waals surface area contributed by atoms with Crippen LogP contribution in [-0.2, 0) is 0 Å². The van der Waals surface area contributed by atoms with Crippen LogP contribution in [0.2, 0.25) is 0 Å². The van der Waals surface area contributed by atoms with Gasteiger partial charge in [0.1, 0.15) is 0 Å². The second kappa shape index (κ2) is 7.62. The molecule has 27 heavy (non-hydrogen) atoms. The molecular formula is C23H24N2O2. The van der Waals surface area contributed by atoms with Gasteiger partial charge in [0, 0.05) is 33.9 Å². The molecule has 1 aromatic heterocycles. The van der Waals surface area contributed by atoms with Crippen molar-refractivity contribution in [2.45, 2.75) is 27.7 Å². The Morgan fingerprint density at radius 3 is 2.15 bits per heavy atom. The molecule has 0 radical (unpaired) electrons. The van der Waals surface area contributed by atoms with E-state index >= 15 is 0 Å². The van der Waals surface area contributed by atoms with Gasteiger partial charge in [-0.1, -0.05) is 17.7 Å². The molecule has 0 saturated carbocycles. The summed E-state index contributed by atoms with van der Waals surface area (Å²) >= 11 is 0. The molecule has 0 saturated heterocycles. The van der Waals surface area contributed by atoms with Gasteiger partial charge in [-0.3, -0.25) is 9.59 Å². The molecule has 0 amide bonds. The molecule has 0 aliphatic heterocycles. The van der Waals surface area contributed by atoms with E-state index < -0.39 is 0 Å². The Kier molecular flexibility index (Phi) is 5.26. The fraction of sp³-hybridized carbons (Fsp3) is 0.217. The molecule has 4 heteroatoms. The summed E-state index contributed by atoms with van der Waals surface area (Å²) in [5, 5.41) is 3.14. The maximum absolute atomic E-state index is 12.7. The molecule has 0 aliphatic carbocycles. The maximum atomic E-state index is 12.7. The lowest BCUT2D eigenvalue weighted by Crippen LogP contribution is -2.15. The van der Waals surface area contributed by atoms with Gasteiger partial charge >= 0.3 is 0 Å². The number of hydrogen-bond acceptors (Lipinski definition) is 3. The first-order valence-corrected chi connectivity index (χ1v) is 9.01. The van der Waals surface area contributed by atoms with Crippen molar-refractivity contribution in [3.63, 3.8) is 0 Å². The summed E-state index contributed by atoms with van der Waals surface area (Å²) in [5.74, 6) is 0.0678. The zero-order valence-electron chi connectivity index (χ0n) is 16.2. The molecule has 0 atom stereocenters. The van der Waals surface area contributed by atoms with E-state index in [0.717, 1.165) is 28.3 Å². The van der Waals surface area contributed by atoms with Crippen LogP contribution < -0.4 is 5.32 Å². The standard InChI is InChI=1S/C23H24N2O2/c1-15-5-11-21(12-6-15)25-16(2)13-22(17(25)3)23(27)14-24-20-9-7-19(8-10-20)18(4)26/h5-13,24H,14H2,1-4H3. The number of rotatable bonds is 6. The quantitative estimate of drug-likeness (QED) is 0.636. The number of ketones is 2. The largest absolute Gasteiger partial charge is 0.378 e. The molecule has 1 N–H and O–H groups in total. The van der Waals surface area contributed by atoms with E-state index in [4.69, 9.17) is 0 Å². The summed E-state index contributed by atoms with van der Waals surface area (Å²) in [7, 11) is 0. The van der Waals surface area contributed by atoms with Crippen LogP contribution in [0.25, 0.3) is 5.69 Å². The second-order valence-electron chi connectivity index (χ2n) is 6.87. The first-order valence-electron chi connectivity index (χ1n) is 9.01. The van der Waals surface area contributed by atoms with Crippen LogP contribution in [0.3, 0.4) is 0 Å². The Labute approximate surface area is 159 Å². The maximum Gasteiger partial charge on any atom is 0.183 e. The molecule has 3 aromatic rings. The predicted octanol–water partition coefficient (Wildman–Crippen LogP) is 4.90. The van der Waals surface area contributed by atoms with E-state index in [9.17, 15) is 9.59 Å². The van der Waals surface area contributed by atoms with E-state index in [1.54, 1.807) is 12.1 Å². The van der Waals surface area contributed by atoms with Crippen molar-refractivity contribution >= 4 is 17.3 Å². The fourth-order valence-electron chi connectivity index (χ4n) is 3.24. The Balaban J connectivity index is 1.76. The van der Waals surface area contributed by atoms with Crippen LogP contribution >= 0.6 is 0 Å². The summed E-state index contributed by atoms with van der Waals surface area (Å²) in [6.45, 7) is 7.79. The highest BCUT2D eigenvalue weighted by Crippen LogP contribution is 2.22. The SMILES string of the molecule is CC(=O)c1ccc(NCC(=O)c2cc(C)n(-c3ccc(C)cc3)c2C)cc1. The van der Waals surface area contributed by atoms with Crippen molar-refractivity contribution in [2.24, 2.45) is 0 Å². The second-order valence-corrected chi connectivity index (χ2v) is 6.87. The third-order valence-electron chi connectivity index (χ3n) is 4.77. The number of aromatic nitrogens is 1. The van der Waals surface area contributed by atoms with E-state index in [1.807, 2.05) is 32.0 Å². The zero-order valence-corrected chi connectivity index (χ0v) is 16.2. The zero-order chi connectivity index (χ0) is 19.6. The molecule has 0 bridgehead atoms. The number of Topliss-reactive ketones (excluding diaryl/α,β-unsaturated/α-hetero) is 2. The lowest BCUT2D eigenvalue weighted by Gasteiger charge is -2.10. The Morgan fingerprint density at radius 2 is 1.56 bits per heavy atom. The van der Waals surface area contributed by atoms with Gasteiger partial charge in [0.25, 0.3) is 0 Å². The van der Waals surface area contributed by atoms with Crippen LogP contribution in [0.4, 0.5) is 5.69 Å². The average Bonchev–Trinajstić information content (AvgIpc) is 2.95. The first-order chi connectivity index (χ1) is 12.9. The molecule has 0 fully saturated rings. The molecule has 1 heterocycles. The summed E-state index contributed by atoms with van der Waals surface area (Å²) < 4.78 is 2.11. The van der Waals surface area contributed by atoms with E-state index in [1.165, 1.54) is 12.5 Å². The number of hydrogen-bond donors (Lipinski definition) is 1. The van der Waals surface area contributed by atoms with Crippen LogP contribution in [0.1, 0.15) is 44.6 Å². The Hall–Kier alpha value is -3.14. The lowest BCUT2D eigenvalue weighted by atomic mass is 10.1. The lowest BCUT2D eigenvalue weighted by molar-refractivity contribution is 0.1000. The Morgan fingerprint density at radius 1 is 0.926 bits per heavy atom. The van der Waals surface area contributed by atoms with Gasteiger partial charge < -0.3 is 9.88 Å². The highest BCUT2D eigenvalue weighted by molar-refractivity contribution is 6.00. The van der Waals surface area contributed by atoms with Crippen molar-refractivity contribution < 1.29 is 9.59 Å². The number of nitrogens with one attached hydrogen (secondary N) is 1. The normalized spacial score (nSPS) is 10.7. The van der Waals surface area contributed by atoms with Gasteiger partial charge in [0.2, 0.25) is 0 Å². The van der Waals surface area contributed by atoms with Gasteiger partial charge in [-0.25, -0.2) is 0 Å².